The number of hydrogen-bond donors (Lipinski definition) is 1. The Labute approximate surface area is 135 Å². The molecule has 0 atom stereocenters. The number of halogens is 1. The lowest BCUT2D eigenvalue weighted by Crippen LogP contribution is -2.51. The van der Waals surface area contributed by atoms with Crippen LogP contribution in [0.2, 0.25) is 5.02 Å². The summed E-state index contributed by atoms with van der Waals surface area (Å²) < 4.78 is 5.24. The lowest BCUT2D eigenvalue weighted by atomic mass is 9.89. The number of nitrogens with zero attached hydrogens (tertiary/aromatic N) is 1. The van der Waals surface area contributed by atoms with Gasteiger partial charge in [0.15, 0.2) is 0 Å². The van der Waals surface area contributed by atoms with Gasteiger partial charge in [-0.3, -0.25) is 9.59 Å². The molecule has 0 bridgehead atoms. The number of morpholine rings is 1. The number of aryl methyl sites for hydroxylation is 1. The molecule has 5 nitrogen and oxygen atoms in total. The molecule has 2 rings (SSSR count). The predicted molar refractivity (Wildman–Crippen MR) is 86.0 cm³/mol. The Balaban J connectivity index is 2.10. The number of carbonyl (C=O) groups excluding carboxylic acids is 2. The average molecular weight is 325 g/mol. The molecule has 0 aromatic heterocycles. The van der Waals surface area contributed by atoms with E-state index in [-0.39, 0.29) is 11.8 Å². The molecule has 0 radical (unpaired) electrons. The summed E-state index contributed by atoms with van der Waals surface area (Å²) >= 11 is 5.91. The highest BCUT2D eigenvalue weighted by Crippen LogP contribution is 2.25. The maximum Gasteiger partial charge on any atom is 0.239 e. The first kappa shape index (κ1) is 16.8. The zero-order valence-corrected chi connectivity index (χ0v) is 13.9. The molecule has 1 fully saturated rings. The summed E-state index contributed by atoms with van der Waals surface area (Å²) in [5, 5.41) is 3.43. The Morgan fingerprint density at radius 2 is 1.91 bits per heavy atom. The van der Waals surface area contributed by atoms with Crippen LogP contribution in [0.1, 0.15) is 19.4 Å². The molecule has 1 heterocycles. The van der Waals surface area contributed by atoms with Gasteiger partial charge in [0.1, 0.15) is 5.41 Å². The second-order valence-electron chi connectivity index (χ2n) is 5.94. The van der Waals surface area contributed by atoms with E-state index >= 15 is 0 Å². The minimum Gasteiger partial charge on any atom is -0.378 e. The fourth-order valence-electron chi connectivity index (χ4n) is 2.30. The Morgan fingerprint density at radius 3 is 2.50 bits per heavy atom. The number of nitrogens with one attached hydrogen (secondary N) is 1. The third-order valence-electron chi connectivity index (χ3n) is 3.84. The zero-order chi connectivity index (χ0) is 16.3. The van der Waals surface area contributed by atoms with Gasteiger partial charge in [0.05, 0.1) is 13.2 Å². The van der Waals surface area contributed by atoms with Crippen LogP contribution < -0.4 is 5.32 Å². The summed E-state index contributed by atoms with van der Waals surface area (Å²) in [7, 11) is 0. The molecule has 6 heteroatoms. The Kier molecular flexibility index (Phi) is 5.08. The normalized spacial score (nSPS) is 15.5. The van der Waals surface area contributed by atoms with Crippen LogP contribution in [0.3, 0.4) is 0 Å². The fourth-order valence-corrected chi connectivity index (χ4v) is 2.53. The zero-order valence-electron chi connectivity index (χ0n) is 13.1. The quantitative estimate of drug-likeness (QED) is 0.869. The second-order valence-corrected chi connectivity index (χ2v) is 6.38. The van der Waals surface area contributed by atoms with Crippen molar-refractivity contribution in [2.75, 3.05) is 31.6 Å². The number of benzene rings is 1. The number of rotatable bonds is 3. The van der Waals surface area contributed by atoms with Crippen LogP contribution in [-0.4, -0.2) is 43.0 Å². The number of amides is 2. The number of anilines is 1. The average Bonchev–Trinajstić information content (AvgIpc) is 2.50. The van der Waals surface area contributed by atoms with Crippen LogP contribution in [0, 0.1) is 12.3 Å². The van der Waals surface area contributed by atoms with Gasteiger partial charge in [0.2, 0.25) is 11.8 Å². The van der Waals surface area contributed by atoms with E-state index in [0.717, 1.165) is 5.56 Å². The Bertz CT molecular complexity index is 581. The lowest BCUT2D eigenvalue weighted by molar-refractivity contribution is -0.149. The number of hydrogen-bond acceptors (Lipinski definition) is 3. The molecule has 1 aromatic rings. The molecular formula is C16H21ClN2O3. The predicted octanol–water partition coefficient (Wildman–Crippen LogP) is 2.47. The van der Waals surface area contributed by atoms with Crippen LogP contribution in [0.15, 0.2) is 18.2 Å². The molecular weight excluding hydrogens is 304 g/mol. The topological polar surface area (TPSA) is 58.6 Å². The van der Waals surface area contributed by atoms with E-state index in [0.29, 0.717) is 37.0 Å². The van der Waals surface area contributed by atoms with E-state index in [1.54, 1.807) is 36.9 Å². The van der Waals surface area contributed by atoms with Gasteiger partial charge < -0.3 is 15.0 Å². The molecule has 0 aliphatic carbocycles. The van der Waals surface area contributed by atoms with Crippen molar-refractivity contribution in [2.45, 2.75) is 20.8 Å². The highest BCUT2D eigenvalue weighted by atomic mass is 35.5. The van der Waals surface area contributed by atoms with Gasteiger partial charge >= 0.3 is 0 Å². The number of ether oxygens (including phenoxy) is 1. The SMILES string of the molecule is Cc1cc(Cl)ccc1NC(=O)C(C)(C)C(=O)N1CCOCC1. The molecule has 0 spiro atoms. The largest absolute Gasteiger partial charge is 0.378 e. The van der Waals surface area contributed by atoms with Crippen molar-refractivity contribution >= 4 is 29.1 Å². The van der Waals surface area contributed by atoms with Gasteiger partial charge in [-0.15, -0.1) is 0 Å². The maximum atomic E-state index is 12.6. The summed E-state index contributed by atoms with van der Waals surface area (Å²) in [5.74, 6) is -0.505. The standard InChI is InChI=1S/C16H21ClN2O3/c1-11-10-12(17)4-5-13(11)18-14(20)16(2,3)15(21)19-6-8-22-9-7-19/h4-5,10H,6-9H2,1-3H3,(H,18,20). The molecule has 2 amide bonds. The molecule has 0 unspecified atom stereocenters. The van der Waals surface area contributed by atoms with E-state index in [2.05, 4.69) is 5.32 Å². The summed E-state index contributed by atoms with van der Waals surface area (Å²) in [5.41, 5.74) is 0.386. The van der Waals surface area contributed by atoms with E-state index in [1.807, 2.05) is 6.92 Å². The van der Waals surface area contributed by atoms with Gasteiger partial charge in [0, 0.05) is 23.8 Å². The van der Waals surface area contributed by atoms with Crippen molar-refractivity contribution < 1.29 is 14.3 Å². The molecule has 1 saturated heterocycles. The smallest absolute Gasteiger partial charge is 0.239 e. The molecule has 1 aliphatic heterocycles. The third kappa shape index (κ3) is 3.59. The van der Waals surface area contributed by atoms with Crippen molar-refractivity contribution in [1.82, 2.24) is 4.90 Å². The van der Waals surface area contributed by atoms with Crippen LogP contribution in [-0.2, 0) is 14.3 Å². The van der Waals surface area contributed by atoms with Gasteiger partial charge in [-0.1, -0.05) is 11.6 Å². The summed E-state index contributed by atoms with van der Waals surface area (Å²) in [6, 6.07) is 5.22. The first-order chi connectivity index (χ1) is 10.3. The van der Waals surface area contributed by atoms with Gasteiger partial charge in [-0.05, 0) is 44.5 Å². The van der Waals surface area contributed by atoms with Crippen LogP contribution in [0.5, 0.6) is 0 Å². The third-order valence-corrected chi connectivity index (χ3v) is 4.07. The first-order valence-electron chi connectivity index (χ1n) is 7.27. The maximum absolute atomic E-state index is 12.6. The highest BCUT2D eigenvalue weighted by molar-refractivity contribution is 6.30. The van der Waals surface area contributed by atoms with Crippen molar-refractivity contribution in [3.05, 3.63) is 28.8 Å². The Hall–Kier alpha value is -1.59. The van der Waals surface area contributed by atoms with Crippen LogP contribution in [0.25, 0.3) is 0 Å². The van der Waals surface area contributed by atoms with Gasteiger partial charge in [0.25, 0.3) is 0 Å². The van der Waals surface area contributed by atoms with Crippen molar-refractivity contribution in [3.63, 3.8) is 0 Å². The highest BCUT2D eigenvalue weighted by Gasteiger charge is 2.39. The fraction of sp³-hybridized carbons (Fsp3) is 0.500. The van der Waals surface area contributed by atoms with Crippen molar-refractivity contribution in [3.8, 4) is 0 Å². The summed E-state index contributed by atoms with van der Waals surface area (Å²) in [6.07, 6.45) is 0. The van der Waals surface area contributed by atoms with Crippen molar-refractivity contribution in [2.24, 2.45) is 5.41 Å². The van der Waals surface area contributed by atoms with Gasteiger partial charge in [-0.25, -0.2) is 0 Å². The van der Waals surface area contributed by atoms with Crippen molar-refractivity contribution in [1.29, 1.82) is 0 Å². The second kappa shape index (κ2) is 6.67. The molecule has 1 aromatic carbocycles. The molecule has 0 saturated carbocycles. The van der Waals surface area contributed by atoms with E-state index < -0.39 is 5.41 Å². The molecule has 120 valence electrons. The minimum absolute atomic E-state index is 0.181. The van der Waals surface area contributed by atoms with E-state index in [9.17, 15) is 9.59 Å². The first-order valence-corrected chi connectivity index (χ1v) is 7.65. The molecule has 1 aliphatic rings. The van der Waals surface area contributed by atoms with Crippen LogP contribution >= 0.6 is 11.6 Å². The lowest BCUT2D eigenvalue weighted by Gasteiger charge is -2.33. The Morgan fingerprint density at radius 1 is 1.27 bits per heavy atom. The molecule has 22 heavy (non-hydrogen) atoms. The summed E-state index contributed by atoms with van der Waals surface area (Å²) in [6.45, 7) is 7.22. The number of carbonyl (C=O) groups is 2. The molecule has 1 N–H and O–H groups in total. The van der Waals surface area contributed by atoms with Gasteiger partial charge in [-0.2, -0.15) is 0 Å². The monoisotopic (exact) mass is 324 g/mol. The summed E-state index contributed by atoms with van der Waals surface area (Å²) in [4.78, 5) is 26.8. The van der Waals surface area contributed by atoms with E-state index in [4.69, 9.17) is 16.3 Å². The minimum atomic E-state index is -1.14. The van der Waals surface area contributed by atoms with Crippen LogP contribution in [0.4, 0.5) is 5.69 Å². The van der Waals surface area contributed by atoms with E-state index in [1.165, 1.54) is 0 Å².